The van der Waals surface area contributed by atoms with Gasteiger partial charge in [-0.05, 0) is 26.0 Å². The fourth-order valence-electron chi connectivity index (χ4n) is 1.81. The predicted molar refractivity (Wildman–Crippen MR) is 61.9 cm³/mol. The van der Waals surface area contributed by atoms with Crippen LogP contribution >= 0.6 is 0 Å². The van der Waals surface area contributed by atoms with Gasteiger partial charge in [0.15, 0.2) is 0 Å². The van der Waals surface area contributed by atoms with Gasteiger partial charge in [-0.2, -0.15) is 0 Å². The first-order chi connectivity index (χ1) is 7.63. The highest BCUT2D eigenvalue weighted by molar-refractivity contribution is 5.81. The third-order valence-electron chi connectivity index (χ3n) is 3.43. The first-order valence-corrected chi connectivity index (χ1v) is 5.55. The molecule has 0 unspecified atom stereocenters. The van der Waals surface area contributed by atoms with E-state index in [1.54, 1.807) is 0 Å². The molecule has 1 atom stereocenters. The molecule has 0 bridgehead atoms. The number of carbonyl (C=O) groups excluding carboxylic acids is 1. The quantitative estimate of drug-likeness (QED) is 0.726. The summed E-state index contributed by atoms with van der Waals surface area (Å²) in [6.07, 6.45) is 0.886. The van der Waals surface area contributed by atoms with Gasteiger partial charge < -0.3 is 4.74 Å². The average Bonchev–Trinajstić information content (AvgIpc) is 2.34. The summed E-state index contributed by atoms with van der Waals surface area (Å²) in [6, 6.07) is 9.76. The van der Waals surface area contributed by atoms with Crippen molar-refractivity contribution in [3.05, 3.63) is 35.9 Å². The molecule has 0 spiro atoms. The number of esters is 1. The second-order valence-corrected chi connectivity index (χ2v) is 4.51. The highest BCUT2D eigenvalue weighted by atomic mass is 16.5. The number of carbonyl (C=O) groups is 1. The fourth-order valence-corrected chi connectivity index (χ4v) is 1.81. The van der Waals surface area contributed by atoms with E-state index in [1.165, 1.54) is 0 Å². The van der Waals surface area contributed by atoms with E-state index in [-0.39, 0.29) is 5.97 Å². The lowest BCUT2D eigenvalue weighted by molar-refractivity contribution is -0.165. The Morgan fingerprint density at radius 1 is 1.44 bits per heavy atom. The number of ether oxygens (including phenoxy) is 1. The molecule has 1 saturated heterocycles. The second kappa shape index (κ2) is 4.26. The molecule has 0 N–H and O–H groups in total. The van der Waals surface area contributed by atoms with Gasteiger partial charge in [0.25, 0.3) is 0 Å². The summed E-state index contributed by atoms with van der Waals surface area (Å²) in [4.78, 5) is 13.9. The van der Waals surface area contributed by atoms with Crippen molar-refractivity contribution in [2.24, 2.45) is 0 Å². The molecule has 0 radical (unpaired) electrons. The second-order valence-electron chi connectivity index (χ2n) is 4.51. The molecule has 86 valence electrons. The number of benzene rings is 1. The van der Waals surface area contributed by atoms with Crippen LogP contribution in [0.25, 0.3) is 0 Å². The van der Waals surface area contributed by atoms with Gasteiger partial charge in [0.2, 0.25) is 0 Å². The van der Waals surface area contributed by atoms with Crippen molar-refractivity contribution in [1.82, 2.24) is 4.90 Å². The van der Waals surface area contributed by atoms with Gasteiger partial charge in [-0.25, -0.2) is 0 Å². The third-order valence-corrected chi connectivity index (χ3v) is 3.43. The van der Waals surface area contributed by atoms with E-state index >= 15 is 0 Å². The number of nitrogens with zero attached hydrogens (tertiary/aromatic N) is 1. The summed E-state index contributed by atoms with van der Waals surface area (Å²) >= 11 is 0. The van der Waals surface area contributed by atoms with Crippen molar-refractivity contribution in [2.75, 3.05) is 13.6 Å². The standard InChI is InChI=1S/C13H17NO2/c1-13(8-9-14(13)2)12(15)16-10-11-6-4-3-5-7-11/h3-7H,8-10H2,1-2H3/t13-/m1/s1. The Hall–Kier alpha value is -1.35. The molecular weight excluding hydrogens is 202 g/mol. The van der Waals surface area contributed by atoms with Crippen LogP contribution in [0.3, 0.4) is 0 Å². The fraction of sp³-hybridized carbons (Fsp3) is 0.462. The Morgan fingerprint density at radius 3 is 2.62 bits per heavy atom. The van der Waals surface area contributed by atoms with Crippen molar-refractivity contribution in [3.8, 4) is 0 Å². The molecule has 1 heterocycles. The predicted octanol–water partition coefficient (Wildman–Crippen LogP) is 1.82. The molecule has 1 aromatic carbocycles. The zero-order chi connectivity index (χ0) is 11.6. The Labute approximate surface area is 96.0 Å². The molecule has 1 aromatic rings. The molecule has 0 aliphatic carbocycles. The average molecular weight is 219 g/mol. The van der Waals surface area contributed by atoms with Crippen LogP contribution < -0.4 is 0 Å². The van der Waals surface area contributed by atoms with Crippen molar-refractivity contribution in [1.29, 1.82) is 0 Å². The van der Waals surface area contributed by atoms with Gasteiger partial charge in [-0.15, -0.1) is 0 Å². The highest BCUT2D eigenvalue weighted by Gasteiger charge is 2.45. The van der Waals surface area contributed by atoms with Crippen LogP contribution in [0, 0.1) is 0 Å². The van der Waals surface area contributed by atoms with Gasteiger partial charge in [0.05, 0.1) is 0 Å². The number of likely N-dealkylation sites (N-methyl/N-ethyl adjacent to an activating group) is 1. The van der Waals surface area contributed by atoms with Gasteiger partial charge in [-0.3, -0.25) is 9.69 Å². The van der Waals surface area contributed by atoms with Crippen molar-refractivity contribution in [2.45, 2.75) is 25.5 Å². The van der Waals surface area contributed by atoms with Gasteiger partial charge in [0.1, 0.15) is 12.1 Å². The first kappa shape index (κ1) is 11.1. The van der Waals surface area contributed by atoms with Crippen LogP contribution in [0.5, 0.6) is 0 Å². The molecule has 0 amide bonds. The summed E-state index contributed by atoms with van der Waals surface area (Å²) in [5, 5.41) is 0. The Bertz CT molecular complexity index is 377. The summed E-state index contributed by atoms with van der Waals surface area (Å²) in [6.45, 7) is 3.27. The maximum atomic E-state index is 11.9. The Kier molecular flexibility index (Phi) is 2.97. The minimum absolute atomic E-state index is 0.120. The van der Waals surface area contributed by atoms with Crippen molar-refractivity contribution >= 4 is 5.97 Å². The van der Waals surface area contributed by atoms with E-state index in [1.807, 2.05) is 49.2 Å². The smallest absolute Gasteiger partial charge is 0.326 e. The molecular formula is C13H17NO2. The summed E-state index contributed by atoms with van der Waals surface area (Å²) in [5.74, 6) is -0.120. The minimum atomic E-state index is -0.408. The van der Waals surface area contributed by atoms with Crippen LogP contribution in [0.15, 0.2) is 30.3 Å². The molecule has 0 aromatic heterocycles. The first-order valence-electron chi connectivity index (χ1n) is 5.55. The zero-order valence-electron chi connectivity index (χ0n) is 9.77. The number of likely N-dealkylation sites (tertiary alicyclic amines) is 1. The van der Waals surface area contributed by atoms with Gasteiger partial charge >= 0.3 is 5.97 Å². The van der Waals surface area contributed by atoms with E-state index in [0.29, 0.717) is 6.61 Å². The van der Waals surface area contributed by atoms with Crippen LogP contribution in [-0.2, 0) is 16.1 Å². The lowest BCUT2D eigenvalue weighted by Crippen LogP contribution is -2.61. The zero-order valence-corrected chi connectivity index (χ0v) is 9.77. The van der Waals surface area contributed by atoms with Crippen LogP contribution in [0.4, 0.5) is 0 Å². The van der Waals surface area contributed by atoms with Crippen molar-refractivity contribution < 1.29 is 9.53 Å². The maximum absolute atomic E-state index is 11.9. The number of rotatable bonds is 3. The molecule has 0 saturated carbocycles. The van der Waals surface area contributed by atoms with Gasteiger partial charge in [-0.1, -0.05) is 30.3 Å². The summed E-state index contributed by atoms with van der Waals surface area (Å²) < 4.78 is 5.32. The van der Waals surface area contributed by atoms with E-state index in [0.717, 1.165) is 18.5 Å². The van der Waals surface area contributed by atoms with Crippen LogP contribution in [-0.4, -0.2) is 30.0 Å². The number of hydrogen-bond donors (Lipinski definition) is 0. The molecule has 3 heteroatoms. The topological polar surface area (TPSA) is 29.5 Å². The van der Waals surface area contributed by atoms with Gasteiger partial charge in [0, 0.05) is 6.54 Å². The van der Waals surface area contributed by atoms with Crippen LogP contribution in [0.1, 0.15) is 18.9 Å². The Morgan fingerprint density at radius 2 is 2.12 bits per heavy atom. The highest BCUT2D eigenvalue weighted by Crippen LogP contribution is 2.29. The lowest BCUT2D eigenvalue weighted by Gasteiger charge is -2.45. The third kappa shape index (κ3) is 1.95. The SMILES string of the molecule is CN1CC[C@]1(C)C(=O)OCc1ccccc1. The van der Waals surface area contributed by atoms with Crippen LogP contribution in [0.2, 0.25) is 0 Å². The van der Waals surface area contributed by atoms with Crippen molar-refractivity contribution in [3.63, 3.8) is 0 Å². The molecule has 2 rings (SSSR count). The molecule has 1 aliphatic heterocycles. The normalized spacial score (nSPS) is 24.9. The van der Waals surface area contributed by atoms with E-state index in [2.05, 4.69) is 0 Å². The summed E-state index contributed by atoms with van der Waals surface area (Å²) in [5.41, 5.74) is 0.621. The lowest BCUT2D eigenvalue weighted by atomic mass is 9.88. The maximum Gasteiger partial charge on any atom is 0.326 e. The van der Waals surface area contributed by atoms with E-state index in [9.17, 15) is 4.79 Å². The minimum Gasteiger partial charge on any atom is -0.459 e. The molecule has 3 nitrogen and oxygen atoms in total. The van der Waals surface area contributed by atoms with E-state index in [4.69, 9.17) is 4.74 Å². The molecule has 16 heavy (non-hydrogen) atoms. The molecule has 1 fully saturated rings. The Balaban J connectivity index is 1.89. The number of hydrogen-bond acceptors (Lipinski definition) is 3. The summed E-state index contributed by atoms with van der Waals surface area (Å²) in [7, 11) is 1.95. The monoisotopic (exact) mass is 219 g/mol. The largest absolute Gasteiger partial charge is 0.459 e. The molecule has 1 aliphatic rings. The van der Waals surface area contributed by atoms with E-state index < -0.39 is 5.54 Å².